The Morgan fingerprint density at radius 2 is 2.00 bits per heavy atom. The standard InChI is InChI=1S/C14H20NO3/c1-4-14(16)18-17-11-10-15(2,3)12-13-8-6-5-7-9-13/h4-9H,1,10-12H2,2-3H3/q+1. The molecule has 0 spiro atoms. The van der Waals surface area contributed by atoms with Gasteiger partial charge in [0.15, 0.2) is 0 Å². The molecule has 1 aromatic rings. The van der Waals surface area contributed by atoms with Crippen molar-refractivity contribution in [2.75, 3.05) is 27.2 Å². The highest BCUT2D eigenvalue weighted by atomic mass is 17.2. The summed E-state index contributed by atoms with van der Waals surface area (Å²) in [6.07, 6.45) is 1.07. The van der Waals surface area contributed by atoms with Gasteiger partial charge in [-0.25, -0.2) is 4.79 Å². The lowest BCUT2D eigenvalue weighted by molar-refractivity contribution is -0.904. The Kier molecular flexibility index (Phi) is 5.55. The second-order valence-electron chi connectivity index (χ2n) is 4.73. The SMILES string of the molecule is C=CC(=O)OOCC[N+](C)(C)Cc1ccccc1. The maximum absolute atomic E-state index is 10.8. The number of carbonyl (C=O) groups excluding carboxylic acids is 1. The Labute approximate surface area is 108 Å². The van der Waals surface area contributed by atoms with Crippen LogP contribution >= 0.6 is 0 Å². The smallest absolute Gasteiger partial charge is 0.323 e. The van der Waals surface area contributed by atoms with Crippen LogP contribution in [0.5, 0.6) is 0 Å². The van der Waals surface area contributed by atoms with Crippen LogP contribution in [0.4, 0.5) is 0 Å². The van der Waals surface area contributed by atoms with Crippen LogP contribution in [0.2, 0.25) is 0 Å². The zero-order chi connectivity index (χ0) is 13.4. The molecule has 4 heteroatoms. The van der Waals surface area contributed by atoms with Crippen molar-refractivity contribution in [3.8, 4) is 0 Å². The van der Waals surface area contributed by atoms with E-state index in [0.717, 1.165) is 23.6 Å². The summed E-state index contributed by atoms with van der Waals surface area (Å²) in [4.78, 5) is 20.1. The van der Waals surface area contributed by atoms with Gasteiger partial charge in [0.25, 0.3) is 0 Å². The van der Waals surface area contributed by atoms with Gasteiger partial charge in [-0.2, -0.15) is 4.89 Å². The van der Waals surface area contributed by atoms with Gasteiger partial charge < -0.3 is 4.48 Å². The van der Waals surface area contributed by atoms with E-state index in [1.54, 1.807) is 0 Å². The van der Waals surface area contributed by atoms with Gasteiger partial charge in [-0.1, -0.05) is 36.9 Å². The minimum absolute atomic E-state index is 0.361. The first kappa shape index (κ1) is 14.4. The predicted molar refractivity (Wildman–Crippen MR) is 69.4 cm³/mol. The molecule has 0 amide bonds. The highest BCUT2D eigenvalue weighted by molar-refractivity contribution is 5.80. The molecule has 0 aromatic heterocycles. The molecule has 0 N–H and O–H groups in total. The van der Waals surface area contributed by atoms with Crippen molar-refractivity contribution < 1.29 is 19.1 Å². The van der Waals surface area contributed by atoms with Crippen LogP contribution in [0.3, 0.4) is 0 Å². The maximum atomic E-state index is 10.8. The monoisotopic (exact) mass is 250 g/mol. The second kappa shape index (κ2) is 6.93. The van der Waals surface area contributed by atoms with E-state index in [-0.39, 0.29) is 0 Å². The third-order valence-electron chi connectivity index (χ3n) is 2.54. The Morgan fingerprint density at radius 3 is 2.61 bits per heavy atom. The lowest BCUT2D eigenvalue weighted by Crippen LogP contribution is -2.41. The van der Waals surface area contributed by atoms with Crippen LogP contribution < -0.4 is 0 Å². The fourth-order valence-corrected chi connectivity index (χ4v) is 1.57. The van der Waals surface area contributed by atoms with Crippen molar-refractivity contribution in [1.29, 1.82) is 0 Å². The van der Waals surface area contributed by atoms with E-state index in [2.05, 4.69) is 37.7 Å². The molecule has 0 heterocycles. The molecule has 0 saturated carbocycles. The van der Waals surface area contributed by atoms with Crippen LogP contribution in [0, 0.1) is 0 Å². The van der Waals surface area contributed by atoms with Gasteiger partial charge in [0.1, 0.15) is 19.7 Å². The molecule has 0 aliphatic heterocycles. The van der Waals surface area contributed by atoms with E-state index >= 15 is 0 Å². The minimum Gasteiger partial charge on any atom is -0.323 e. The molecule has 4 nitrogen and oxygen atoms in total. The summed E-state index contributed by atoms with van der Waals surface area (Å²) in [5.41, 5.74) is 1.27. The van der Waals surface area contributed by atoms with Crippen LogP contribution in [0.1, 0.15) is 5.56 Å². The molecule has 98 valence electrons. The van der Waals surface area contributed by atoms with E-state index in [1.807, 2.05) is 18.2 Å². The lowest BCUT2D eigenvalue weighted by atomic mass is 10.2. The molecule has 0 atom stereocenters. The van der Waals surface area contributed by atoms with Gasteiger partial charge >= 0.3 is 5.97 Å². The number of likely N-dealkylation sites (N-methyl/N-ethyl adjacent to an activating group) is 1. The normalized spacial score (nSPS) is 11.0. The van der Waals surface area contributed by atoms with Gasteiger partial charge in [-0.15, -0.1) is 0 Å². The van der Waals surface area contributed by atoms with Gasteiger partial charge in [-0.05, 0) is 0 Å². The van der Waals surface area contributed by atoms with E-state index < -0.39 is 5.97 Å². The average Bonchev–Trinajstić information content (AvgIpc) is 2.35. The Morgan fingerprint density at radius 1 is 1.33 bits per heavy atom. The molecule has 0 fully saturated rings. The maximum Gasteiger partial charge on any atom is 0.365 e. The number of nitrogens with zero attached hydrogens (tertiary/aromatic N) is 1. The summed E-state index contributed by atoms with van der Waals surface area (Å²) < 4.78 is 0.760. The molecule has 1 rings (SSSR count). The predicted octanol–water partition coefficient (Wildman–Crippen LogP) is 1.92. The van der Waals surface area contributed by atoms with E-state index in [4.69, 9.17) is 4.89 Å². The molecule has 0 bridgehead atoms. The summed E-state index contributed by atoms with van der Waals surface area (Å²) >= 11 is 0. The van der Waals surface area contributed by atoms with Crippen LogP contribution in [0.15, 0.2) is 43.0 Å². The number of quaternary nitrogens is 1. The first-order valence-corrected chi connectivity index (χ1v) is 5.85. The molecule has 0 unspecified atom stereocenters. The van der Waals surface area contributed by atoms with Crippen LogP contribution in [-0.2, 0) is 21.1 Å². The fraction of sp³-hybridized carbons (Fsp3) is 0.357. The zero-order valence-electron chi connectivity index (χ0n) is 11.0. The molecule has 0 aliphatic rings. The molecule has 18 heavy (non-hydrogen) atoms. The van der Waals surface area contributed by atoms with Gasteiger partial charge in [0.05, 0.1) is 14.1 Å². The van der Waals surface area contributed by atoms with Crippen molar-refractivity contribution in [1.82, 2.24) is 0 Å². The summed E-state index contributed by atoms with van der Waals surface area (Å²) in [5.74, 6) is -0.566. The zero-order valence-corrected chi connectivity index (χ0v) is 11.0. The van der Waals surface area contributed by atoms with Crippen molar-refractivity contribution >= 4 is 5.97 Å². The lowest BCUT2D eigenvalue weighted by Gasteiger charge is -2.29. The molecular weight excluding hydrogens is 230 g/mol. The van der Waals surface area contributed by atoms with Crippen LogP contribution in [-0.4, -0.2) is 37.7 Å². The Balaban J connectivity index is 2.31. The van der Waals surface area contributed by atoms with E-state index in [0.29, 0.717) is 6.61 Å². The van der Waals surface area contributed by atoms with Crippen LogP contribution in [0.25, 0.3) is 0 Å². The number of rotatable bonds is 7. The number of carbonyl (C=O) groups is 1. The summed E-state index contributed by atoms with van der Waals surface area (Å²) in [7, 11) is 4.21. The topological polar surface area (TPSA) is 35.5 Å². The quantitative estimate of drug-likeness (QED) is 0.244. The van der Waals surface area contributed by atoms with E-state index in [1.165, 1.54) is 5.56 Å². The number of benzene rings is 1. The molecule has 1 aromatic carbocycles. The summed E-state index contributed by atoms with van der Waals surface area (Å²) in [5, 5.41) is 0. The second-order valence-corrected chi connectivity index (χ2v) is 4.73. The third kappa shape index (κ3) is 5.61. The third-order valence-corrected chi connectivity index (χ3v) is 2.54. The first-order chi connectivity index (χ1) is 8.53. The molecule has 0 aliphatic carbocycles. The molecule has 0 saturated heterocycles. The van der Waals surface area contributed by atoms with Gasteiger partial charge in [0, 0.05) is 11.6 Å². The van der Waals surface area contributed by atoms with Crippen molar-refractivity contribution in [3.63, 3.8) is 0 Å². The highest BCUT2D eigenvalue weighted by Crippen LogP contribution is 2.08. The van der Waals surface area contributed by atoms with Gasteiger partial charge in [0.2, 0.25) is 0 Å². The highest BCUT2D eigenvalue weighted by Gasteiger charge is 2.16. The number of hydrogen-bond donors (Lipinski definition) is 0. The summed E-state index contributed by atoms with van der Waals surface area (Å²) in [6.45, 7) is 5.30. The Bertz CT molecular complexity index is 387. The molecule has 0 radical (unpaired) electrons. The summed E-state index contributed by atoms with van der Waals surface area (Å²) in [6, 6.07) is 10.2. The average molecular weight is 250 g/mol. The van der Waals surface area contributed by atoms with Crippen molar-refractivity contribution in [2.24, 2.45) is 0 Å². The van der Waals surface area contributed by atoms with Gasteiger partial charge in [-0.3, -0.25) is 4.89 Å². The fourth-order valence-electron chi connectivity index (χ4n) is 1.57. The Hall–Kier alpha value is -1.65. The molecular formula is C14H20NO3+. The van der Waals surface area contributed by atoms with E-state index in [9.17, 15) is 4.79 Å². The van der Waals surface area contributed by atoms with Crippen molar-refractivity contribution in [2.45, 2.75) is 6.54 Å². The largest absolute Gasteiger partial charge is 0.365 e. The first-order valence-electron chi connectivity index (χ1n) is 5.85. The number of hydrogen-bond acceptors (Lipinski definition) is 3. The van der Waals surface area contributed by atoms with Crippen molar-refractivity contribution in [3.05, 3.63) is 48.6 Å². The minimum atomic E-state index is -0.566.